The molecular formula is C23H28N2O5. The summed E-state index contributed by atoms with van der Waals surface area (Å²) in [6, 6.07) is 17.1. The Bertz CT molecular complexity index is 854. The van der Waals surface area contributed by atoms with Crippen LogP contribution in [0.15, 0.2) is 60.7 Å². The van der Waals surface area contributed by atoms with Crippen molar-refractivity contribution < 1.29 is 24.2 Å². The standard InChI is InChI=1S/C23H28N2O5/c1-16(2)23(3,21(27)28)25-20(26)19(15-14-17-10-6-4-7-11-17)24-22(29)30-18-12-8-5-9-13-18/h4-13,16,19H,14-15H2,1-3H3,(H,24,29)(H,25,26)(H,27,28). The number of carboxylic acids is 1. The maximum atomic E-state index is 12.9. The number of aryl methyl sites for hydroxylation is 1. The number of carbonyl (C=O) groups is 3. The van der Waals surface area contributed by atoms with Gasteiger partial charge in [-0.1, -0.05) is 62.4 Å². The predicted molar refractivity (Wildman–Crippen MR) is 113 cm³/mol. The Morgan fingerprint density at radius 2 is 1.57 bits per heavy atom. The number of para-hydroxylation sites is 1. The van der Waals surface area contributed by atoms with Gasteiger partial charge in [-0.2, -0.15) is 0 Å². The van der Waals surface area contributed by atoms with Crippen LogP contribution in [-0.4, -0.2) is 34.7 Å². The monoisotopic (exact) mass is 412 g/mol. The molecule has 0 saturated heterocycles. The molecule has 0 fully saturated rings. The first-order valence-electron chi connectivity index (χ1n) is 9.85. The fraction of sp³-hybridized carbons (Fsp3) is 0.348. The molecule has 3 N–H and O–H groups in total. The molecule has 2 rings (SSSR count). The quantitative estimate of drug-likeness (QED) is 0.586. The van der Waals surface area contributed by atoms with Crippen LogP contribution in [0.5, 0.6) is 5.75 Å². The van der Waals surface area contributed by atoms with E-state index in [0.29, 0.717) is 12.2 Å². The predicted octanol–water partition coefficient (Wildman–Crippen LogP) is 3.39. The summed E-state index contributed by atoms with van der Waals surface area (Å²) in [5, 5.41) is 14.8. The number of carboxylic acid groups (broad SMARTS) is 1. The third-order valence-electron chi connectivity index (χ3n) is 5.11. The van der Waals surface area contributed by atoms with E-state index >= 15 is 0 Å². The second kappa shape index (κ2) is 10.4. The Kier molecular flexibility index (Phi) is 7.98. The molecule has 0 aliphatic heterocycles. The number of nitrogens with one attached hydrogen (secondary N) is 2. The average molecular weight is 412 g/mol. The highest BCUT2D eigenvalue weighted by molar-refractivity contribution is 5.91. The van der Waals surface area contributed by atoms with Gasteiger partial charge in [-0.3, -0.25) is 4.79 Å². The van der Waals surface area contributed by atoms with Gasteiger partial charge >= 0.3 is 12.1 Å². The van der Waals surface area contributed by atoms with Gasteiger partial charge < -0.3 is 20.5 Å². The molecule has 0 spiro atoms. The molecule has 0 aliphatic carbocycles. The number of hydrogen-bond donors (Lipinski definition) is 3. The van der Waals surface area contributed by atoms with E-state index in [9.17, 15) is 19.5 Å². The maximum absolute atomic E-state index is 12.9. The Balaban J connectivity index is 2.13. The molecule has 30 heavy (non-hydrogen) atoms. The van der Waals surface area contributed by atoms with E-state index in [1.807, 2.05) is 30.3 Å². The summed E-state index contributed by atoms with van der Waals surface area (Å²) in [5.74, 6) is -1.73. The lowest BCUT2D eigenvalue weighted by Gasteiger charge is -2.32. The number of amides is 2. The highest BCUT2D eigenvalue weighted by Gasteiger charge is 2.39. The van der Waals surface area contributed by atoms with Crippen molar-refractivity contribution in [3.63, 3.8) is 0 Å². The van der Waals surface area contributed by atoms with Gasteiger partial charge in [-0.15, -0.1) is 0 Å². The summed E-state index contributed by atoms with van der Waals surface area (Å²) in [6.45, 7) is 4.88. The molecule has 2 aromatic rings. The Morgan fingerprint density at radius 1 is 1.00 bits per heavy atom. The van der Waals surface area contributed by atoms with Crippen LogP contribution in [0.4, 0.5) is 4.79 Å². The summed E-state index contributed by atoms with van der Waals surface area (Å²) in [6.07, 6.45) is 0.0276. The van der Waals surface area contributed by atoms with Crippen LogP contribution in [0.1, 0.15) is 32.8 Å². The zero-order valence-corrected chi connectivity index (χ0v) is 17.4. The first-order chi connectivity index (χ1) is 14.2. The van der Waals surface area contributed by atoms with Crippen molar-refractivity contribution in [2.75, 3.05) is 0 Å². The number of aliphatic carboxylic acids is 1. The summed E-state index contributed by atoms with van der Waals surface area (Å²) >= 11 is 0. The molecule has 7 heteroatoms. The van der Waals surface area contributed by atoms with Gasteiger partial charge in [-0.25, -0.2) is 9.59 Å². The molecule has 0 radical (unpaired) electrons. The van der Waals surface area contributed by atoms with Crippen LogP contribution < -0.4 is 15.4 Å². The highest BCUT2D eigenvalue weighted by Crippen LogP contribution is 2.18. The minimum Gasteiger partial charge on any atom is -0.480 e. The van der Waals surface area contributed by atoms with E-state index in [2.05, 4.69) is 10.6 Å². The van der Waals surface area contributed by atoms with Gasteiger partial charge in [0.2, 0.25) is 5.91 Å². The largest absolute Gasteiger partial charge is 0.480 e. The van der Waals surface area contributed by atoms with Crippen molar-refractivity contribution in [1.29, 1.82) is 0 Å². The van der Waals surface area contributed by atoms with Crippen molar-refractivity contribution in [1.82, 2.24) is 10.6 Å². The number of hydrogen-bond acceptors (Lipinski definition) is 4. The van der Waals surface area contributed by atoms with E-state index in [1.165, 1.54) is 6.92 Å². The second-order valence-corrected chi connectivity index (χ2v) is 7.58. The van der Waals surface area contributed by atoms with Crippen LogP contribution in [-0.2, 0) is 16.0 Å². The third kappa shape index (κ3) is 6.34. The molecule has 2 amide bonds. The van der Waals surface area contributed by atoms with Gasteiger partial charge in [0.1, 0.15) is 17.3 Å². The van der Waals surface area contributed by atoms with E-state index in [0.717, 1.165) is 5.56 Å². The van der Waals surface area contributed by atoms with Crippen molar-refractivity contribution >= 4 is 18.0 Å². The smallest absolute Gasteiger partial charge is 0.413 e. The van der Waals surface area contributed by atoms with E-state index in [-0.39, 0.29) is 12.3 Å². The zero-order chi connectivity index (χ0) is 22.1. The van der Waals surface area contributed by atoms with Crippen LogP contribution >= 0.6 is 0 Å². The number of benzene rings is 2. The molecule has 160 valence electrons. The summed E-state index contributed by atoms with van der Waals surface area (Å²) < 4.78 is 5.23. The van der Waals surface area contributed by atoms with Gasteiger partial charge in [0, 0.05) is 0 Å². The van der Waals surface area contributed by atoms with Gasteiger partial charge in [-0.05, 0) is 43.4 Å². The first-order valence-corrected chi connectivity index (χ1v) is 9.85. The highest BCUT2D eigenvalue weighted by atomic mass is 16.6. The average Bonchev–Trinajstić information content (AvgIpc) is 2.72. The molecule has 0 aromatic heterocycles. The minimum atomic E-state index is -1.47. The summed E-state index contributed by atoms with van der Waals surface area (Å²) in [5.41, 5.74) is -0.467. The summed E-state index contributed by atoms with van der Waals surface area (Å²) in [7, 11) is 0. The van der Waals surface area contributed by atoms with Gasteiger partial charge in [0.15, 0.2) is 0 Å². The first kappa shape index (κ1) is 22.9. The van der Waals surface area contributed by atoms with E-state index in [1.54, 1.807) is 44.2 Å². The van der Waals surface area contributed by atoms with Gasteiger partial charge in [0.05, 0.1) is 0 Å². The number of rotatable bonds is 9. The van der Waals surface area contributed by atoms with Crippen LogP contribution in [0.3, 0.4) is 0 Å². The maximum Gasteiger partial charge on any atom is 0.413 e. The van der Waals surface area contributed by atoms with E-state index < -0.39 is 29.6 Å². The summed E-state index contributed by atoms with van der Waals surface area (Å²) in [4.78, 5) is 37.0. The SMILES string of the molecule is CC(C)C(C)(NC(=O)C(CCc1ccccc1)NC(=O)Oc1ccccc1)C(=O)O. The molecule has 0 saturated carbocycles. The molecular weight excluding hydrogens is 384 g/mol. The zero-order valence-electron chi connectivity index (χ0n) is 17.4. The van der Waals surface area contributed by atoms with Crippen molar-refractivity contribution in [2.24, 2.45) is 5.92 Å². The molecule has 7 nitrogen and oxygen atoms in total. The van der Waals surface area contributed by atoms with Crippen LogP contribution in [0.2, 0.25) is 0 Å². The molecule has 0 heterocycles. The molecule has 2 unspecified atom stereocenters. The van der Waals surface area contributed by atoms with Crippen LogP contribution in [0, 0.1) is 5.92 Å². The normalized spacial score (nSPS) is 13.7. The fourth-order valence-corrected chi connectivity index (χ4v) is 2.78. The lowest BCUT2D eigenvalue weighted by molar-refractivity contribution is -0.149. The topological polar surface area (TPSA) is 105 Å². The number of carbonyl (C=O) groups excluding carboxylic acids is 2. The second-order valence-electron chi connectivity index (χ2n) is 7.58. The van der Waals surface area contributed by atoms with E-state index in [4.69, 9.17) is 4.74 Å². The molecule has 2 atom stereocenters. The third-order valence-corrected chi connectivity index (χ3v) is 5.11. The van der Waals surface area contributed by atoms with Crippen molar-refractivity contribution in [2.45, 2.75) is 45.2 Å². The van der Waals surface area contributed by atoms with Gasteiger partial charge in [0.25, 0.3) is 0 Å². The lowest BCUT2D eigenvalue weighted by Crippen LogP contribution is -2.60. The lowest BCUT2D eigenvalue weighted by atomic mass is 9.88. The molecule has 0 aliphatic rings. The Labute approximate surface area is 176 Å². The van der Waals surface area contributed by atoms with Crippen LogP contribution in [0.25, 0.3) is 0 Å². The number of ether oxygens (including phenoxy) is 1. The minimum absolute atomic E-state index is 0.285. The Morgan fingerprint density at radius 3 is 2.10 bits per heavy atom. The van der Waals surface area contributed by atoms with Crippen molar-refractivity contribution in [3.8, 4) is 5.75 Å². The fourth-order valence-electron chi connectivity index (χ4n) is 2.78. The van der Waals surface area contributed by atoms with Crippen molar-refractivity contribution in [3.05, 3.63) is 66.2 Å². The Hall–Kier alpha value is -3.35. The molecule has 2 aromatic carbocycles. The molecule has 0 bridgehead atoms.